The van der Waals surface area contributed by atoms with Crippen LogP contribution >= 0.6 is 0 Å². The average Bonchev–Trinajstić information content (AvgIpc) is 2.72. The van der Waals surface area contributed by atoms with Gasteiger partial charge in [-0.3, -0.25) is 19.8 Å². The summed E-state index contributed by atoms with van der Waals surface area (Å²) in [5.74, 6) is -1.77. The smallest absolute Gasteiger partial charge is 0.256 e. The van der Waals surface area contributed by atoms with Crippen molar-refractivity contribution >= 4 is 29.2 Å². The van der Waals surface area contributed by atoms with Crippen molar-refractivity contribution in [2.45, 2.75) is 12.8 Å². The number of benzene rings is 1. The lowest BCUT2D eigenvalue weighted by Gasteiger charge is -2.38. The molecule has 1 fully saturated rings. The van der Waals surface area contributed by atoms with Crippen molar-refractivity contribution in [2.75, 3.05) is 10.3 Å². The van der Waals surface area contributed by atoms with Gasteiger partial charge in [-0.2, -0.15) is 0 Å². The summed E-state index contributed by atoms with van der Waals surface area (Å²) in [4.78, 5) is 41.7. The number of hydrogen-bond donors (Lipinski definition) is 3. The number of aromatic hydroxyl groups is 1. The molecule has 2 heterocycles. The third kappa shape index (κ3) is 3.20. The van der Waals surface area contributed by atoms with E-state index in [2.05, 4.69) is 15.7 Å². The van der Waals surface area contributed by atoms with Crippen molar-refractivity contribution in [1.29, 1.82) is 0 Å². The number of nitrogens with one attached hydrogen (secondary N) is 2. The zero-order chi connectivity index (χ0) is 19.7. The molecule has 1 aromatic carbocycles. The lowest BCUT2D eigenvalue weighted by molar-refractivity contribution is -0.139. The van der Waals surface area contributed by atoms with Crippen LogP contribution in [0, 0.1) is 11.8 Å². The number of carbonyl (C=O) groups is 3. The van der Waals surface area contributed by atoms with E-state index in [1.165, 1.54) is 23.3 Å². The lowest BCUT2D eigenvalue weighted by atomic mass is 9.80. The van der Waals surface area contributed by atoms with Gasteiger partial charge in [-0.1, -0.05) is 18.2 Å². The Morgan fingerprint density at radius 2 is 1.93 bits per heavy atom. The molecular weight excluding hydrogens is 360 g/mol. The highest BCUT2D eigenvalue weighted by Gasteiger charge is 2.42. The summed E-state index contributed by atoms with van der Waals surface area (Å²) in [7, 11) is 0. The van der Waals surface area contributed by atoms with Crippen LogP contribution in [0.3, 0.4) is 0 Å². The summed E-state index contributed by atoms with van der Waals surface area (Å²) in [6, 6.07) is 9.30. The van der Waals surface area contributed by atoms with E-state index >= 15 is 0 Å². The molecule has 1 aromatic heterocycles. The number of hydrazine groups is 1. The van der Waals surface area contributed by atoms with Crippen LogP contribution in [0.25, 0.3) is 0 Å². The molecule has 4 rings (SSSR count). The van der Waals surface area contributed by atoms with E-state index in [-0.39, 0.29) is 34.9 Å². The number of rotatable bonds is 3. The molecule has 3 N–H and O–H groups in total. The number of nitrogens with zero attached hydrogens (tertiary/aromatic N) is 2. The molecule has 0 radical (unpaired) electrons. The normalized spacial score (nSPS) is 21.1. The van der Waals surface area contributed by atoms with Crippen molar-refractivity contribution in [3.63, 3.8) is 0 Å². The summed E-state index contributed by atoms with van der Waals surface area (Å²) >= 11 is 0. The van der Waals surface area contributed by atoms with E-state index in [0.29, 0.717) is 18.5 Å². The van der Waals surface area contributed by atoms with Gasteiger partial charge in [-0.15, -0.1) is 0 Å². The van der Waals surface area contributed by atoms with E-state index in [4.69, 9.17) is 0 Å². The quantitative estimate of drug-likeness (QED) is 0.708. The van der Waals surface area contributed by atoms with Crippen LogP contribution in [0.5, 0.6) is 5.75 Å². The van der Waals surface area contributed by atoms with Gasteiger partial charge in [0.25, 0.3) is 5.91 Å². The molecule has 1 aliphatic carbocycles. The molecule has 0 spiro atoms. The second-order valence-corrected chi connectivity index (χ2v) is 6.68. The van der Waals surface area contributed by atoms with Crippen molar-refractivity contribution < 1.29 is 19.5 Å². The molecule has 1 aliphatic heterocycles. The van der Waals surface area contributed by atoms with E-state index in [1.54, 1.807) is 24.3 Å². The Balaban J connectivity index is 1.57. The number of amides is 3. The highest BCUT2D eigenvalue weighted by atomic mass is 16.3. The molecule has 8 nitrogen and oxygen atoms in total. The third-order valence-electron chi connectivity index (χ3n) is 4.91. The number of allylic oxidation sites excluding steroid dienone is 2. The van der Waals surface area contributed by atoms with Gasteiger partial charge in [0, 0.05) is 11.8 Å². The van der Waals surface area contributed by atoms with Crippen LogP contribution < -0.4 is 15.8 Å². The lowest BCUT2D eigenvalue weighted by Crippen LogP contribution is -2.59. The standard InChI is InChI=1S/C20H18N4O4/c25-16-9-4-10-21-17(16)22-18(26)12-5-3-6-13(11-12)24-20(28)15-8-2-1-7-14(15)19(27)23-24/h1-6,9-11,14-15,25H,7-8H2,(H,23,27)(H,21,22,26)/t14-,15-/m1/s1. The van der Waals surface area contributed by atoms with Crippen LogP contribution in [0.4, 0.5) is 11.5 Å². The first-order chi connectivity index (χ1) is 13.5. The summed E-state index contributed by atoms with van der Waals surface area (Å²) < 4.78 is 0. The van der Waals surface area contributed by atoms with Crippen molar-refractivity contribution in [1.82, 2.24) is 10.4 Å². The fourth-order valence-corrected chi connectivity index (χ4v) is 3.44. The maximum absolute atomic E-state index is 12.9. The zero-order valence-corrected chi connectivity index (χ0v) is 14.8. The van der Waals surface area contributed by atoms with Gasteiger partial charge < -0.3 is 10.4 Å². The minimum Gasteiger partial charge on any atom is -0.504 e. The largest absolute Gasteiger partial charge is 0.504 e. The predicted molar refractivity (Wildman–Crippen MR) is 101 cm³/mol. The molecule has 0 saturated carbocycles. The van der Waals surface area contributed by atoms with Crippen molar-refractivity contribution in [3.8, 4) is 5.75 Å². The van der Waals surface area contributed by atoms with E-state index < -0.39 is 11.8 Å². The fraction of sp³-hybridized carbons (Fsp3) is 0.200. The van der Waals surface area contributed by atoms with Gasteiger partial charge in [0.15, 0.2) is 11.6 Å². The highest BCUT2D eigenvalue weighted by molar-refractivity contribution is 6.07. The molecule has 0 unspecified atom stereocenters. The Labute approximate surface area is 160 Å². The Hall–Kier alpha value is -3.68. The molecular formula is C20H18N4O4. The van der Waals surface area contributed by atoms with Gasteiger partial charge in [0.05, 0.1) is 17.5 Å². The number of aromatic nitrogens is 1. The molecule has 2 aromatic rings. The first-order valence-corrected chi connectivity index (χ1v) is 8.89. The topological polar surface area (TPSA) is 112 Å². The number of fused-ring (bicyclic) bond motifs is 1. The summed E-state index contributed by atoms with van der Waals surface area (Å²) in [5.41, 5.74) is 3.29. The molecule has 142 valence electrons. The Kier molecular flexibility index (Phi) is 4.52. The number of carbonyl (C=O) groups excluding carboxylic acids is 3. The molecule has 28 heavy (non-hydrogen) atoms. The summed E-state index contributed by atoms with van der Waals surface area (Å²) in [5, 5.41) is 13.5. The second kappa shape index (κ2) is 7.15. The van der Waals surface area contributed by atoms with Crippen molar-refractivity contribution in [3.05, 3.63) is 60.3 Å². The van der Waals surface area contributed by atoms with Gasteiger partial charge in [-0.05, 0) is 43.2 Å². The molecule has 3 amide bonds. The molecule has 2 atom stereocenters. The van der Waals surface area contributed by atoms with Crippen LogP contribution in [0.15, 0.2) is 54.7 Å². The first kappa shape index (κ1) is 17.7. The van der Waals surface area contributed by atoms with Crippen LogP contribution in [0.1, 0.15) is 23.2 Å². The maximum Gasteiger partial charge on any atom is 0.256 e. The minimum atomic E-state index is -0.495. The molecule has 0 bridgehead atoms. The number of pyridine rings is 1. The number of anilines is 2. The minimum absolute atomic E-state index is 0.0390. The van der Waals surface area contributed by atoms with Gasteiger partial charge >= 0.3 is 0 Å². The van der Waals surface area contributed by atoms with E-state index in [0.717, 1.165) is 0 Å². The van der Waals surface area contributed by atoms with Crippen LogP contribution in [-0.2, 0) is 9.59 Å². The van der Waals surface area contributed by atoms with Gasteiger partial charge in [0.2, 0.25) is 11.8 Å². The molecule has 2 aliphatic rings. The van der Waals surface area contributed by atoms with Crippen molar-refractivity contribution in [2.24, 2.45) is 11.8 Å². The monoisotopic (exact) mass is 378 g/mol. The maximum atomic E-state index is 12.9. The average molecular weight is 378 g/mol. The Bertz CT molecular complexity index is 988. The van der Waals surface area contributed by atoms with Gasteiger partial charge in [-0.25, -0.2) is 9.99 Å². The third-order valence-corrected chi connectivity index (χ3v) is 4.91. The Morgan fingerprint density at radius 1 is 1.14 bits per heavy atom. The molecule has 1 saturated heterocycles. The SMILES string of the molecule is O=C(Nc1ncccc1O)c1cccc(N2NC(=O)[C@@H]3CC=CC[C@H]3C2=O)c1. The van der Waals surface area contributed by atoms with Gasteiger partial charge in [0.1, 0.15) is 0 Å². The Morgan fingerprint density at radius 3 is 2.71 bits per heavy atom. The van der Waals surface area contributed by atoms with E-state index in [9.17, 15) is 19.5 Å². The highest BCUT2D eigenvalue weighted by Crippen LogP contribution is 2.32. The molecule has 8 heteroatoms. The zero-order valence-electron chi connectivity index (χ0n) is 14.8. The van der Waals surface area contributed by atoms with E-state index in [1.807, 2.05) is 12.2 Å². The summed E-state index contributed by atoms with van der Waals surface area (Å²) in [6.45, 7) is 0. The van der Waals surface area contributed by atoms with Crippen LogP contribution in [0.2, 0.25) is 0 Å². The summed E-state index contributed by atoms with van der Waals surface area (Å²) in [6.07, 6.45) is 6.35. The number of hydrogen-bond acceptors (Lipinski definition) is 5. The fourth-order valence-electron chi connectivity index (χ4n) is 3.44. The predicted octanol–water partition coefficient (Wildman–Crippen LogP) is 2.00. The van der Waals surface area contributed by atoms with Crippen LogP contribution in [-0.4, -0.2) is 27.8 Å². The second-order valence-electron chi connectivity index (χ2n) is 6.68. The first-order valence-electron chi connectivity index (χ1n) is 8.89.